The summed E-state index contributed by atoms with van der Waals surface area (Å²) < 4.78 is 28.2. The van der Waals surface area contributed by atoms with Gasteiger partial charge in [0.2, 0.25) is 21.8 Å². The summed E-state index contributed by atoms with van der Waals surface area (Å²) in [6, 6.07) is 9.27. The topological polar surface area (TPSA) is 166 Å². The van der Waals surface area contributed by atoms with Crippen LogP contribution in [0.2, 0.25) is 0 Å². The molecule has 12 heteroatoms. The number of piperidine rings is 2. The molecular weight excluding hydrogens is 582 g/mol. The van der Waals surface area contributed by atoms with Gasteiger partial charge in [-0.1, -0.05) is 30.3 Å². The summed E-state index contributed by atoms with van der Waals surface area (Å²) in [5.41, 5.74) is 0. The number of sulfonamides is 1. The molecule has 2 heterocycles. The van der Waals surface area contributed by atoms with Crippen LogP contribution in [0.4, 0.5) is 0 Å². The van der Waals surface area contributed by atoms with Gasteiger partial charge in [0.1, 0.15) is 12.1 Å². The van der Waals surface area contributed by atoms with Crippen molar-refractivity contribution in [1.82, 2.24) is 26.0 Å². The Kier molecular flexibility index (Phi) is 12.5. The van der Waals surface area contributed by atoms with E-state index in [-0.39, 0.29) is 16.7 Å². The van der Waals surface area contributed by atoms with Crippen LogP contribution in [-0.4, -0.2) is 76.1 Å². The molecule has 2 atom stereocenters. The summed E-state index contributed by atoms with van der Waals surface area (Å²) in [6.45, 7) is 5.09. The van der Waals surface area contributed by atoms with Crippen LogP contribution in [-0.2, 0) is 24.4 Å². The number of carboxylic acids is 1. The average molecular weight is 630 g/mol. The van der Waals surface area contributed by atoms with Gasteiger partial charge in [-0.15, -0.1) is 0 Å². The molecular formula is C32H47N5O6S. The first-order valence-electron chi connectivity index (χ1n) is 15.9. The maximum Gasteiger partial charge on any atom is 0.323 e. The monoisotopic (exact) mass is 629 g/mol. The van der Waals surface area contributed by atoms with E-state index in [1.807, 2.05) is 12.1 Å². The van der Waals surface area contributed by atoms with Crippen molar-refractivity contribution in [3.8, 4) is 0 Å². The van der Waals surface area contributed by atoms with E-state index in [0.29, 0.717) is 17.2 Å². The van der Waals surface area contributed by atoms with E-state index in [1.165, 1.54) is 12.1 Å². The summed E-state index contributed by atoms with van der Waals surface area (Å²) in [5.74, 6) is -1.18. The van der Waals surface area contributed by atoms with Crippen molar-refractivity contribution < 1.29 is 27.9 Å². The van der Waals surface area contributed by atoms with Gasteiger partial charge in [-0.2, -0.15) is 4.72 Å². The van der Waals surface area contributed by atoms with Gasteiger partial charge in [0.25, 0.3) is 0 Å². The third-order valence-corrected chi connectivity index (χ3v) is 10.5. The van der Waals surface area contributed by atoms with E-state index in [2.05, 4.69) is 26.0 Å². The van der Waals surface area contributed by atoms with E-state index >= 15 is 0 Å². The second-order valence-electron chi connectivity index (χ2n) is 12.2. The Bertz CT molecular complexity index is 1350. The zero-order chi connectivity index (χ0) is 31.5. The van der Waals surface area contributed by atoms with Crippen LogP contribution in [0.25, 0.3) is 10.8 Å². The van der Waals surface area contributed by atoms with Crippen molar-refractivity contribution in [1.29, 1.82) is 0 Å². The number of fused-ring (bicyclic) bond motifs is 1. The van der Waals surface area contributed by atoms with Crippen molar-refractivity contribution in [3.05, 3.63) is 42.5 Å². The van der Waals surface area contributed by atoms with E-state index in [1.54, 1.807) is 25.1 Å². The van der Waals surface area contributed by atoms with Gasteiger partial charge in [0, 0.05) is 12.5 Å². The van der Waals surface area contributed by atoms with Crippen molar-refractivity contribution in [2.24, 2.45) is 17.8 Å². The normalized spacial score (nSPS) is 18.1. The summed E-state index contributed by atoms with van der Waals surface area (Å²) in [7, 11) is -4.19. The summed E-state index contributed by atoms with van der Waals surface area (Å²) in [6.07, 6.45) is 7.93. The molecule has 0 spiro atoms. The Morgan fingerprint density at radius 3 is 2.00 bits per heavy atom. The van der Waals surface area contributed by atoms with E-state index < -0.39 is 40.5 Å². The van der Waals surface area contributed by atoms with Gasteiger partial charge in [-0.3, -0.25) is 14.4 Å². The highest BCUT2D eigenvalue weighted by Crippen LogP contribution is 2.27. The number of aliphatic carboxylic acids is 1. The Morgan fingerprint density at radius 2 is 1.43 bits per heavy atom. The minimum absolute atomic E-state index is 0.0746. The molecule has 2 aliphatic heterocycles. The van der Waals surface area contributed by atoms with Gasteiger partial charge in [-0.05, 0) is 119 Å². The third-order valence-electron chi connectivity index (χ3n) is 8.99. The summed E-state index contributed by atoms with van der Waals surface area (Å²) in [4.78, 5) is 38.1. The van der Waals surface area contributed by atoms with Gasteiger partial charge in [0.15, 0.2) is 0 Å². The summed E-state index contributed by atoms with van der Waals surface area (Å²) in [5, 5.41) is 23.4. The lowest BCUT2D eigenvalue weighted by Gasteiger charge is -2.27. The smallest absolute Gasteiger partial charge is 0.323 e. The maximum absolute atomic E-state index is 13.4. The van der Waals surface area contributed by atoms with Gasteiger partial charge >= 0.3 is 5.97 Å². The van der Waals surface area contributed by atoms with Crippen LogP contribution in [0.15, 0.2) is 47.4 Å². The lowest BCUT2D eigenvalue weighted by molar-refractivity contribution is -0.139. The van der Waals surface area contributed by atoms with Crippen molar-refractivity contribution in [2.45, 2.75) is 75.3 Å². The molecule has 2 aliphatic rings. The molecule has 0 aromatic heterocycles. The van der Waals surface area contributed by atoms with Gasteiger partial charge in [0.05, 0.1) is 4.90 Å². The van der Waals surface area contributed by atoms with Crippen LogP contribution >= 0.6 is 0 Å². The molecule has 0 radical (unpaired) electrons. The molecule has 11 nitrogen and oxygen atoms in total. The van der Waals surface area contributed by atoms with E-state index in [0.717, 1.165) is 82.9 Å². The summed E-state index contributed by atoms with van der Waals surface area (Å²) >= 11 is 0. The lowest BCUT2D eigenvalue weighted by Crippen LogP contribution is -2.52. The SMILES string of the molecule is CC(NC(=O)C(CCC1CCNCC1)CCC1CCNCC1)C(=O)NCC(NS(=O)(=O)c1ccc2ccccc2c1)C(=O)O. The van der Waals surface area contributed by atoms with Crippen LogP contribution in [0.1, 0.15) is 58.3 Å². The molecule has 2 aromatic rings. The molecule has 0 saturated carbocycles. The molecule has 2 unspecified atom stereocenters. The number of hydrogen-bond acceptors (Lipinski definition) is 7. The number of carbonyl (C=O) groups excluding carboxylic acids is 2. The number of rotatable bonds is 15. The number of benzene rings is 2. The van der Waals surface area contributed by atoms with Crippen LogP contribution in [0.5, 0.6) is 0 Å². The molecule has 242 valence electrons. The molecule has 2 amide bonds. The second kappa shape index (κ2) is 16.3. The fourth-order valence-corrected chi connectivity index (χ4v) is 7.37. The first kappa shape index (κ1) is 33.8. The zero-order valence-electron chi connectivity index (χ0n) is 25.5. The van der Waals surface area contributed by atoms with Crippen LogP contribution in [0.3, 0.4) is 0 Å². The first-order chi connectivity index (χ1) is 21.1. The van der Waals surface area contributed by atoms with E-state index in [4.69, 9.17) is 0 Å². The highest BCUT2D eigenvalue weighted by molar-refractivity contribution is 7.89. The molecule has 6 N–H and O–H groups in total. The highest BCUT2D eigenvalue weighted by Gasteiger charge is 2.29. The molecule has 0 aliphatic carbocycles. The minimum Gasteiger partial charge on any atom is -0.480 e. The third kappa shape index (κ3) is 9.98. The Hall–Kier alpha value is -3.06. The highest BCUT2D eigenvalue weighted by atomic mass is 32.2. The standard InChI is InChI=1S/C32H47N5O6S/c1-22(36-31(39)26(8-6-23-12-16-33-17-13-23)9-7-24-14-18-34-19-15-24)30(38)35-21-29(32(40)41)37-44(42,43)28-11-10-25-4-2-3-5-27(25)20-28/h2-5,10-11,20,22-24,26,29,33-34,37H,6-9,12-19,21H2,1H3,(H,35,38)(H,36,39)(H,40,41). The largest absolute Gasteiger partial charge is 0.480 e. The second-order valence-corrected chi connectivity index (χ2v) is 13.9. The Morgan fingerprint density at radius 1 is 0.864 bits per heavy atom. The molecule has 44 heavy (non-hydrogen) atoms. The van der Waals surface area contributed by atoms with Crippen LogP contribution in [0, 0.1) is 17.8 Å². The number of nitrogens with one attached hydrogen (secondary N) is 5. The number of carbonyl (C=O) groups is 3. The Balaban J connectivity index is 1.31. The molecule has 0 bridgehead atoms. The Labute approximate surface area is 260 Å². The molecule has 4 rings (SSSR count). The molecule has 2 aromatic carbocycles. The quantitative estimate of drug-likeness (QED) is 0.175. The molecule has 2 fully saturated rings. The first-order valence-corrected chi connectivity index (χ1v) is 17.3. The lowest BCUT2D eigenvalue weighted by atomic mass is 9.84. The van der Waals surface area contributed by atoms with Gasteiger partial charge in [-0.25, -0.2) is 8.42 Å². The number of carboxylic acid groups (broad SMARTS) is 1. The number of hydrogen-bond donors (Lipinski definition) is 6. The fraction of sp³-hybridized carbons (Fsp3) is 0.594. The van der Waals surface area contributed by atoms with Crippen molar-refractivity contribution in [3.63, 3.8) is 0 Å². The van der Waals surface area contributed by atoms with Crippen LogP contribution < -0.4 is 26.0 Å². The predicted octanol–water partition coefficient (Wildman–Crippen LogP) is 2.37. The average Bonchev–Trinajstić information content (AvgIpc) is 3.03. The minimum atomic E-state index is -4.19. The van der Waals surface area contributed by atoms with E-state index in [9.17, 15) is 27.9 Å². The zero-order valence-corrected chi connectivity index (χ0v) is 26.3. The predicted molar refractivity (Wildman–Crippen MR) is 169 cm³/mol. The maximum atomic E-state index is 13.4. The van der Waals surface area contributed by atoms with Crippen molar-refractivity contribution >= 4 is 38.6 Å². The number of amides is 2. The van der Waals surface area contributed by atoms with Gasteiger partial charge < -0.3 is 26.4 Å². The molecule has 2 saturated heterocycles. The fourth-order valence-electron chi connectivity index (χ4n) is 6.14. The van der Waals surface area contributed by atoms with Crippen molar-refractivity contribution in [2.75, 3.05) is 32.7 Å².